The molecule has 6 nitrogen and oxygen atoms in total. The fourth-order valence-corrected chi connectivity index (χ4v) is 1.03. The molecular formula is C9H13N3O3. The van der Waals surface area contributed by atoms with Crippen LogP contribution in [0, 0.1) is 6.92 Å². The van der Waals surface area contributed by atoms with Crippen LogP contribution in [0.3, 0.4) is 0 Å². The standard InChI is InChI=1S/C9H13N3O3/c1-5-3-4-15-7(5)9(13)11-6(2)8(10)12-14/h3-4,6,14H,1-2H3,(H2,10,12)(H,11,13). The molecule has 1 amide bonds. The van der Waals surface area contributed by atoms with Crippen molar-refractivity contribution in [1.82, 2.24) is 5.32 Å². The third kappa shape index (κ3) is 2.49. The molecule has 0 aliphatic rings. The van der Waals surface area contributed by atoms with Crippen molar-refractivity contribution in [3.8, 4) is 0 Å². The Hall–Kier alpha value is -1.98. The summed E-state index contributed by atoms with van der Waals surface area (Å²) in [4.78, 5) is 11.6. The van der Waals surface area contributed by atoms with Crippen LogP contribution in [0.4, 0.5) is 0 Å². The van der Waals surface area contributed by atoms with E-state index in [0.29, 0.717) is 0 Å². The van der Waals surface area contributed by atoms with Gasteiger partial charge in [0.15, 0.2) is 11.6 Å². The van der Waals surface area contributed by atoms with Crippen LogP contribution in [-0.4, -0.2) is 23.0 Å². The minimum atomic E-state index is -0.549. The lowest BCUT2D eigenvalue weighted by atomic mass is 10.2. The lowest BCUT2D eigenvalue weighted by Crippen LogP contribution is -2.42. The normalized spacial score (nSPS) is 13.6. The molecule has 1 unspecified atom stereocenters. The predicted octanol–water partition coefficient (Wildman–Crippen LogP) is 0.453. The number of carbonyl (C=O) groups is 1. The smallest absolute Gasteiger partial charge is 0.287 e. The summed E-state index contributed by atoms with van der Waals surface area (Å²) >= 11 is 0. The number of nitrogens with one attached hydrogen (secondary N) is 1. The Labute approximate surface area is 86.7 Å². The quantitative estimate of drug-likeness (QED) is 0.292. The molecule has 82 valence electrons. The third-order valence-corrected chi connectivity index (χ3v) is 1.98. The first kappa shape index (κ1) is 11.1. The predicted molar refractivity (Wildman–Crippen MR) is 53.8 cm³/mol. The van der Waals surface area contributed by atoms with Crippen LogP contribution in [0.2, 0.25) is 0 Å². The zero-order chi connectivity index (χ0) is 11.4. The van der Waals surface area contributed by atoms with Crippen molar-refractivity contribution in [2.24, 2.45) is 10.9 Å². The van der Waals surface area contributed by atoms with Gasteiger partial charge in [0.05, 0.1) is 12.3 Å². The van der Waals surface area contributed by atoms with E-state index in [1.165, 1.54) is 6.26 Å². The van der Waals surface area contributed by atoms with E-state index in [9.17, 15) is 4.79 Å². The molecule has 0 aliphatic heterocycles. The van der Waals surface area contributed by atoms with Gasteiger partial charge in [-0.15, -0.1) is 0 Å². The number of nitrogens with two attached hydrogens (primary N) is 1. The molecule has 6 heteroatoms. The van der Waals surface area contributed by atoms with E-state index in [-0.39, 0.29) is 11.6 Å². The first-order valence-corrected chi connectivity index (χ1v) is 4.38. The number of aryl methyl sites for hydroxylation is 1. The molecule has 1 aromatic heterocycles. The van der Waals surface area contributed by atoms with Crippen LogP contribution in [0.1, 0.15) is 23.0 Å². The van der Waals surface area contributed by atoms with Gasteiger partial charge >= 0.3 is 0 Å². The van der Waals surface area contributed by atoms with Crippen LogP contribution in [0.15, 0.2) is 21.9 Å². The number of carbonyl (C=O) groups excluding carboxylic acids is 1. The molecule has 1 heterocycles. The number of nitrogens with zero attached hydrogens (tertiary/aromatic N) is 1. The molecule has 0 bridgehead atoms. The summed E-state index contributed by atoms with van der Waals surface area (Å²) in [6, 6.07) is 1.13. The van der Waals surface area contributed by atoms with Gasteiger partial charge in [-0.1, -0.05) is 5.16 Å². The van der Waals surface area contributed by atoms with E-state index in [2.05, 4.69) is 10.5 Å². The van der Waals surface area contributed by atoms with Crippen molar-refractivity contribution in [3.63, 3.8) is 0 Å². The van der Waals surface area contributed by atoms with Crippen molar-refractivity contribution >= 4 is 11.7 Å². The Morgan fingerprint density at radius 2 is 2.40 bits per heavy atom. The van der Waals surface area contributed by atoms with Gasteiger partial charge in [-0.3, -0.25) is 4.79 Å². The molecule has 0 spiro atoms. The van der Waals surface area contributed by atoms with Gasteiger partial charge in [0, 0.05) is 5.56 Å². The van der Waals surface area contributed by atoms with Gasteiger partial charge in [0.25, 0.3) is 5.91 Å². The molecule has 15 heavy (non-hydrogen) atoms. The van der Waals surface area contributed by atoms with E-state index in [4.69, 9.17) is 15.4 Å². The summed E-state index contributed by atoms with van der Waals surface area (Å²) in [5.74, 6) is -0.225. The van der Waals surface area contributed by atoms with Crippen molar-refractivity contribution in [2.75, 3.05) is 0 Å². The topological polar surface area (TPSA) is 101 Å². The Balaban J connectivity index is 2.69. The molecule has 1 rings (SSSR count). The first-order valence-electron chi connectivity index (χ1n) is 4.38. The van der Waals surface area contributed by atoms with Gasteiger partial charge in [-0.25, -0.2) is 0 Å². The van der Waals surface area contributed by atoms with Crippen molar-refractivity contribution in [2.45, 2.75) is 19.9 Å². The maximum absolute atomic E-state index is 11.6. The van der Waals surface area contributed by atoms with E-state index in [1.54, 1.807) is 19.9 Å². The highest BCUT2D eigenvalue weighted by Gasteiger charge is 2.16. The Kier molecular flexibility index (Phi) is 3.33. The van der Waals surface area contributed by atoms with Crippen LogP contribution < -0.4 is 11.1 Å². The second kappa shape index (κ2) is 4.50. The van der Waals surface area contributed by atoms with E-state index < -0.39 is 11.9 Å². The molecule has 0 fully saturated rings. The maximum atomic E-state index is 11.6. The second-order valence-corrected chi connectivity index (χ2v) is 3.15. The highest BCUT2D eigenvalue weighted by molar-refractivity contribution is 5.97. The van der Waals surface area contributed by atoms with Crippen molar-refractivity contribution in [3.05, 3.63) is 23.7 Å². The van der Waals surface area contributed by atoms with Gasteiger partial charge < -0.3 is 20.7 Å². The number of amidine groups is 1. The Bertz CT molecular complexity index is 384. The average Bonchev–Trinajstić information content (AvgIpc) is 2.63. The lowest BCUT2D eigenvalue weighted by Gasteiger charge is -2.10. The highest BCUT2D eigenvalue weighted by Crippen LogP contribution is 2.08. The van der Waals surface area contributed by atoms with Crippen LogP contribution in [-0.2, 0) is 0 Å². The van der Waals surface area contributed by atoms with E-state index in [1.807, 2.05) is 0 Å². The summed E-state index contributed by atoms with van der Waals surface area (Å²) in [7, 11) is 0. The number of hydrogen-bond donors (Lipinski definition) is 3. The maximum Gasteiger partial charge on any atom is 0.287 e. The largest absolute Gasteiger partial charge is 0.459 e. The first-order chi connectivity index (χ1) is 7.06. The highest BCUT2D eigenvalue weighted by atomic mass is 16.4. The zero-order valence-corrected chi connectivity index (χ0v) is 8.52. The summed E-state index contributed by atoms with van der Waals surface area (Å²) in [5, 5.41) is 13.7. The number of furan rings is 1. The third-order valence-electron chi connectivity index (χ3n) is 1.98. The average molecular weight is 211 g/mol. The van der Waals surface area contributed by atoms with Crippen molar-refractivity contribution < 1.29 is 14.4 Å². The zero-order valence-electron chi connectivity index (χ0n) is 8.52. The fourth-order valence-electron chi connectivity index (χ4n) is 1.03. The van der Waals surface area contributed by atoms with Gasteiger partial charge in [-0.2, -0.15) is 0 Å². The molecule has 1 aromatic rings. The lowest BCUT2D eigenvalue weighted by molar-refractivity contribution is 0.0920. The monoisotopic (exact) mass is 211 g/mol. The SMILES string of the molecule is Cc1ccoc1C(=O)NC(C)/C(N)=N/O. The number of rotatable bonds is 3. The second-order valence-electron chi connectivity index (χ2n) is 3.15. The Morgan fingerprint density at radius 1 is 1.73 bits per heavy atom. The molecule has 0 aromatic carbocycles. The summed E-state index contributed by atoms with van der Waals surface area (Å²) < 4.78 is 4.99. The Morgan fingerprint density at radius 3 is 2.87 bits per heavy atom. The van der Waals surface area contributed by atoms with Gasteiger partial charge in [-0.05, 0) is 19.9 Å². The number of amides is 1. The summed E-state index contributed by atoms with van der Waals surface area (Å²) in [6.07, 6.45) is 1.43. The van der Waals surface area contributed by atoms with E-state index >= 15 is 0 Å². The molecule has 0 aliphatic carbocycles. The summed E-state index contributed by atoms with van der Waals surface area (Å²) in [6.45, 7) is 3.36. The van der Waals surface area contributed by atoms with Gasteiger partial charge in [0.1, 0.15) is 0 Å². The fraction of sp³-hybridized carbons (Fsp3) is 0.333. The van der Waals surface area contributed by atoms with Crippen LogP contribution in [0.25, 0.3) is 0 Å². The molecule has 0 saturated carbocycles. The molecule has 4 N–H and O–H groups in total. The van der Waals surface area contributed by atoms with Crippen LogP contribution in [0.5, 0.6) is 0 Å². The minimum absolute atomic E-state index is 0.0624. The van der Waals surface area contributed by atoms with E-state index in [0.717, 1.165) is 5.56 Å². The van der Waals surface area contributed by atoms with Gasteiger partial charge in [0.2, 0.25) is 0 Å². The minimum Gasteiger partial charge on any atom is -0.459 e. The van der Waals surface area contributed by atoms with Crippen molar-refractivity contribution in [1.29, 1.82) is 0 Å². The van der Waals surface area contributed by atoms with Crippen LogP contribution >= 0.6 is 0 Å². The number of hydrogen-bond acceptors (Lipinski definition) is 4. The summed E-state index contributed by atoms with van der Waals surface area (Å²) in [5.41, 5.74) is 6.05. The number of oxime groups is 1. The molecular weight excluding hydrogens is 198 g/mol. The molecule has 1 atom stereocenters. The molecule has 0 radical (unpaired) electrons. The molecule has 0 saturated heterocycles.